The second kappa shape index (κ2) is 10.3. The topological polar surface area (TPSA) is 58.6 Å². The Morgan fingerprint density at radius 3 is 2.68 bits per heavy atom. The number of nitrogens with zero attached hydrogens (tertiary/aromatic N) is 1. The number of amides is 1. The lowest BCUT2D eigenvalue weighted by Crippen LogP contribution is -2.30. The highest BCUT2D eigenvalue weighted by Crippen LogP contribution is 2.38. The van der Waals surface area contributed by atoms with Crippen molar-refractivity contribution in [3.05, 3.63) is 51.9 Å². The SMILES string of the molecule is CCOC(=O)c1c(NC(=O)C(C)Cl)sc2c1CCN(Cc1ccccc1)C2.Cl. The van der Waals surface area contributed by atoms with Gasteiger partial charge in [0.1, 0.15) is 10.4 Å². The van der Waals surface area contributed by atoms with Gasteiger partial charge >= 0.3 is 5.97 Å². The molecule has 0 saturated carbocycles. The standard InChI is InChI=1S/C20H23ClN2O3S.ClH/c1-3-26-20(25)17-15-9-10-23(11-14-7-5-4-6-8-14)12-16(15)27-19(17)22-18(24)13(2)21;/h4-8,13H,3,9-12H2,1-2H3,(H,22,24);1H. The Kier molecular flexibility index (Phi) is 8.31. The van der Waals surface area contributed by atoms with Gasteiger partial charge in [0.25, 0.3) is 0 Å². The van der Waals surface area contributed by atoms with Crippen LogP contribution >= 0.6 is 35.3 Å². The van der Waals surface area contributed by atoms with Crippen LogP contribution in [0, 0.1) is 0 Å². The van der Waals surface area contributed by atoms with Crippen molar-refractivity contribution in [3.8, 4) is 0 Å². The number of hydrogen-bond acceptors (Lipinski definition) is 5. The summed E-state index contributed by atoms with van der Waals surface area (Å²) in [5.41, 5.74) is 2.73. The van der Waals surface area contributed by atoms with E-state index in [-0.39, 0.29) is 24.3 Å². The van der Waals surface area contributed by atoms with Gasteiger partial charge in [-0.05, 0) is 31.4 Å². The van der Waals surface area contributed by atoms with E-state index in [1.54, 1.807) is 13.8 Å². The summed E-state index contributed by atoms with van der Waals surface area (Å²) < 4.78 is 5.23. The molecule has 0 fully saturated rings. The molecule has 152 valence electrons. The predicted octanol–water partition coefficient (Wildman–Crippen LogP) is 4.47. The molecular formula is C20H24Cl2N2O3S. The molecule has 0 aliphatic carbocycles. The number of esters is 1. The van der Waals surface area contributed by atoms with E-state index < -0.39 is 5.38 Å². The molecule has 1 aliphatic heterocycles. The molecule has 2 aromatic rings. The van der Waals surface area contributed by atoms with Gasteiger partial charge < -0.3 is 10.1 Å². The number of fused-ring (bicyclic) bond motifs is 1. The number of nitrogens with one attached hydrogen (secondary N) is 1. The van der Waals surface area contributed by atoms with Gasteiger partial charge in [-0.1, -0.05) is 30.3 Å². The molecule has 0 bridgehead atoms. The summed E-state index contributed by atoms with van der Waals surface area (Å²) in [7, 11) is 0. The number of benzene rings is 1. The highest BCUT2D eigenvalue weighted by atomic mass is 35.5. The van der Waals surface area contributed by atoms with E-state index in [0.717, 1.165) is 36.5 Å². The van der Waals surface area contributed by atoms with Crippen molar-refractivity contribution in [3.63, 3.8) is 0 Å². The minimum absolute atomic E-state index is 0. The molecule has 1 atom stereocenters. The minimum atomic E-state index is -0.672. The molecule has 1 amide bonds. The van der Waals surface area contributed by atoms with E-state index in [4.69, 9.17) is 16.3 Å². The fourth-order valence-electron chi connectivity index (χ4n) is 3.15. The van der Waals surface area contributed by atoms with Crippen molar-refractivity contribution in [2.45, 2.75) is 38.7 Å². The molecule has 28 heavy (non-hydrogen) atoms. The number of anilines is 1. The predicted molar refractivity (Wildman–Crippen MR) is 116 cm³/mol. The van der Waals surface area contributed by atoms with E-state index in [2.05, 4.69) is 22.3 Å². The number of rotatable bonds is 6. The van der Waals surface area contributed by atoms with Crippen molar-refractivity contribution in [1.29, 1.82) is 0 Å². The number of ether oxygens (including phenoxy) is 1. The number of alkyl halides is 1. The lowest BCUT2D eigenvalue weighted by molar-refractivity contribution is -0.115. The van der Waals surface area contributed by atoms with Crippen LogP contribution in [0.5, 0.6) is 0 Å². The Bertz CT molecular complexity index is 824. The van der Waals surface area contributed by atoms with Gasteiger partial charge in [0.05, 0.1) is 12.2 Å². The lowest BCUT2D eigenvalue weighted by atomic mass is 10.0. The van der Waals surface area contributed by atoms with Gasteiger partial charge in [0.15, 0.2) is 0 Å². The number of carbonyl (C=O) groups excluding carboxylic acids is 2. The third-order valence-electron chi connectivity index (χ3n) is 4.46. The molecule has 1 unspecified atom stereocenters. The summed E-state index contributed by atoms with van der Waals surface area (Å²) in [6.07, 6.45) is 0.749. The van der Waals surface area contributed by atoms with Crippen LogP contribution in [0.4, 0.5) is 5.00 Å². The molecular weight excluding hydrogens is 419 g/mol. The fourth-order valence-corrected chi connectivity index (χ4v) is 4.49. The largest absolute Gasteiger partial charge is 0.462 e. The quantitative estimate of drug-likeness (QED) is 0.529. The van der Waals surface area contributed by atoms with E-state index in [9.17, 15) is 9.59 Å². The number of hydrogen-bond donors (Lipinski definition) is 1. The van der Waals surface area contributed by atoms with E-state index in [0.29, 0.717) is 17.2 Å². The first-order chi connectivity index (χ1) is 13.0. The van der Waals surface area contributed by atoms with Gasteiger partial charge in [0.2, 0.25) is 5.91 Å². The summed E-state index contributed by atoms with van der Waals surface area (Å²) in [6.45, 7) is 6.13. The third-order valence-corrected chi connectivity index (χ3v) is 5.79. The van der Waals surface area contributed by atoms with Gasteiger partial charge in [-0.15, -0.1) is 35.3 Å². The summed E-state index contributed by atoms with van der Waals surface area (Å²) in [4.78, 5) is 28.0. The van der Waals surface area contributed by atoms with Crippen LogP contribution < -0.4 is 5.32 Å². The van der Waals surface area contributed by atoms with E-state index in [1.807, 2.05) is 18.2 Å². The normalized spacial score (nSPS) is 14.5. The Morgan fingerprint density at radius 1 is 1.32 bits per heavy atom. The monoisotopic (exact) mass is 442 g/mol. The summed E-state index contributed by atoms with van der Waals surface area (Å²) >= 11 is 7.32. The van der Waals surface area contributed by atoms with Crippen molar-refractivity contribution < 1.29 is 14.3 Å². The summed E-state index contributed by atoms with van der Waals surface area (Å²) in [5.74, 6) is -0.703. The van der Waals surface area contributed by atoms with E-state index >= 15 is 0 Å². The first-order valence-electron chi connectivity index (χ1n) is 9.02. The zero-order valence-corrected chi connectivity index (χ0v) is 18.3. The molecule has 1 aromatic heterocycles. The Labute approximate surface area is 180 Å². The van der Waals surface area contributed by atoms with Gasteiger partial charge in [-0.2, -0.15) is 0 Å². The molecule has 5 nitrogen and oxygen atoms in total. The van der Waals surface area contributed by atoms with Crippen LogP contribution in [0.15, 0.2) is 30.3 Å². The van der Waals surface area contributed by atoms with Crippen LogP contribution in [0.2, 0.25) is 0 Å². The van der Waals surface area contributed by atoms with Crippen molar-refractivity contribution in [1.82, 2.24) is 4.90 Å². The first kappa shape index (κ1) is 22.7. The number of carbonyl (C=O) groups is 2. The number of thiophene rings is 1. The van der Waals surface area contributed by atoms with Crippen molar-refractivity contribution in [2.24, 2.45) is 0 Å². The van der Waals surface area contributed by atoms with Gasteiger partial charge in [-0.3, -0.25) is 9.69 Å². The zero-order chi connectivity index (χ0) is 19.4. The molecule has 0 saturated heterocycles. The zero-order valence-electron chi connectivity index (χ0n) is 15.9. The van der Waals surface area contributed by atoms with Crippen LogP contribution in [0.1, 0.15) is 40.2 Å². The minimum Gasteiger partial charge on any atom is -0.462 e. The van der Waals surface area contributed by atoms with Crippen LogP contribution in [-0.2, 0) is 29.0 Å². The van der Waals surface area contributed by atoms with Crippen LogP contribution in [-0.4, -0.2) is 35.3 Å². The van der Waals surface area contributed by atoms with Crippen LogP contribution in [0.25, 0.3) is 0 Å². The second-order valence-electron chi connectivity index (χ2n) is 6.48. The maximum Gasteiger partial charge on any atom is 0.341 e. The van der Waals surface area contributed by atoms with E-state index in [1.165, 1.54) is 16.9 Å². The highest BCUT2D eigenvalue weighted by Gasteiger charge is 2.30. The maximum atomic E-state index is 12.5. The molecule has 0 radical (unpaired) electrons. The number of halogens is 2. The van der Waals surface area contributed by atoms with Crippen LogP contribution in [0.3, 0.4) is 0 Å². The smallest absolute Gasteiger partial charge is 0.341 e. The average Bonchev–Trinajstić information content (AvgIpc) is 2.99. The molecule has 1 N–H and O–H groups in total. The summed E-state index contributed by atoms with van der Waals surface area (Å²) in [6, 6.07) is 10.3. The third kappa shape index (κ3) is 5.26. The van der Waals surface area contributed by atoms with Gasteiger partial charge in [-0.25, -0.2) is 4.79 Å². The second-order valence-corrected chi connectivity index (χ2v) is 8.24. The average molecular weight is 443 g/mol. The molecule has 8 heteroatoms. The molecule has 2 heterocycles. The molecule has 3 rings (SSSR count). The van der Waals surface area contributed by atoms with Gasteiger partial charge in [0, 0.05) is 24.5 Å². The maximum absolute atomic E-state index is 12.5. The Balaban J connectivity index is 0.00000280. The van der Waals surface area contributed by atoms with Crippen molar-refractivity contribution >= 4 is 52.2 Å². The Hall–Kier alpha value is -1.60. The molecule has 1 aliphatic rings. The fraction of sp³-hybridized carbons (Fsp3) is 0.400. The lowest BCUT2D eigenvalue weighted by Gasteiger charge is -2.27. The first-order valence-corrected chi connectivity index (χ1v) is 10.3. The summed E-state index contributed by atoms with van der Waals surface area (Å²) in [5, 5.41) is 2.67. The molecule has 0 spiro atoms. The Morgan fingerprint density at radius 2 is 2.04 bits per heavy atom. The van der Waals surface area contributed by atoms with Crippen molar-refractivity contribution in [2.75, 3.05) is 18.5 Å². The molecule has 1 aromatic carbocycles. The highest BCUT2D eigenvalue weighted by molar-refractivity contribution is 7.17.